The second-order valence-electron chi connectivity index (χ2n) is 5.60. The normalized spacial score (nSPS) is 17.7. The van der Waals surface area contributed by atoms with Crippen molar-refractivity contribution in [2.45, 2.75) is 52.0 Å². The molecular weight excluding hydrogens is 264 g/mol. The minimum Gasteiger partial charge on any atom is -0.310 e. The van der Waals surface area contributed by atoms with Crippen LogP contribution in [0.15, 0.2) is 24.3 Å². The summed E-state index contributed by atoms with van der Waals surface area (Å²) in [6.45, 7) is 5.23. The van der Waals surface area contributed by atoms with Crippen LogP contribution >= 0.6 is 0 Å². The number of rotatable bonds is 5. The van der Waals surface area contributed by atoms with E-state index in [0.29, 0.717) is 18.5 Å². The molecule has 0 bridgehead atoms. The van der Waals surface area contributed by atoms with Gasteiger partial charge in [-0.2, -0.15) is 0 Å². The number of anilines is 1. The van der Waals surface area contributed by atoms with E-state index in [2.05, 4.69) is 19.2 Å². The predicted molar refractivity (Wildman–Crippen MR) is 84.1 cm³/mol. The van der Waals surface area contributed by atoms with Crippen LogP contribution in [0.2, 0.25) is 0 Å². The Morgan fingerprint density at radius 2 is 1.67 bits per heavy atom. The minimum absolute atomic E-state index is 0.0811. The molecule has 1 aromatic carbocycles. The molecule has 0 spiro atoms. The summed E-state index contributed by atoms with van der Waals surface area (Å²) in [4.78, 5) is 25.5. The Morgan fingerprint density at radius 3 is 2.19 bits per heavy atom. The van der Waals surface area contributed by atoms with Crippen molar-refractivity contribution in [1.29, 1.82) is 0 Å². The maximum Gasteiger partial charge on any atom is 0.233 e. The zero-order valence-corrected chi connectivity index (χ0v) is 12.9. The van der Waals surface area contributed by atoms with Crippen LogP contribution in [0, 0.1) is 0 Å². The van der Waals surface area contributed by atoms with Gasteiger partial charge in [0.05, 0.1) is 5.69 Å². The van der Waals surface area contributed by atoms with Gasteiger partial charge in [-0.15, -0.1) is 0 Å². The molecule has 4 nitrogen and oxygen atoms in total. The van der Waals surface area contributed by atoms with E-state index in [0.717, 1.165) is 25.8 Å². The average Bonchev–Trinajstić information content (AvgIpc) is 2.66. The predicted octanol–water partition coefficient (Wildman–Crippen LogP) is 3.18. The van der Waals surface area contributed by atoms with Crippen LogP contribution in [0.4, 0.5) is 5.69 Å². The number of benzene rings is 1. The Hall–Kier alpha value is -1.68. The van der Waals surface area contributed by atoms with Crippen molar-refractivity contribution in [2.24, 2.45) is 0 Å². The van der Waals surface area contributed by atoms with Crippen LogP contribution < -0.4 is 10.2 Å². The highest BCUT2D eigenvalue weighted by Gasteiger charge is 2.25. The zero-order chi connectivity index (χ0) is 15.2. The van der Waals surface area contributed by atoms with Gasteiger partial charge in [-0.3, -0.25) is 14.5 Å². The molecule has 21 heavy (non-hydrogen) atoms. The molecular formula is C17H24N2O2. The monoisotopic (exact) mass is 288 g/mol. The van der Waals surface area contributed by atoms with E-state index in [1.165, 1.54) is 10.5 Å². The first-order chi connectivity index (χ1) is 10.1. The van der Waals surface area contributed by atoms with Crippen molar-refractivity contribution < 1.29 is 9.59 Å². The number of nitrogens with zero attached hydrogens (tertiary/aromatic N) is 1. The molecule has 1 unspecified atom stereocenters. The SMILES string of the molecule is CCCNC(C)c1ccc(N2C(=O)CCCCC2=O)cc1. The van der Waals surface area contributed by atoms with E-state index in [9.17, 15) is 9.59 Å². The van der Waals surface area contributed by atoms with Gasteiger partial charge >= 0.3 is 0 Å². The molecule has 1 saturated heterocycles. The minimum atomic E-state index is -0.0811. The summed E-state index contributed by atoms with van der Waals surface area (Å²) in [6, 6.07) is 8.01. The Bertz CT molecular complexity index is 478. The first-order valence-electron chi connectivity index (χ1n) is 7.82. The zero-order valence-electron chi connectivity index (χ0n) is 12.9. The lowest BCUT2D eigenvalue weighted by Crippen LogP contribution is -2.35. The molecule has 0 radical (unpaired) electrons. The molecule has 0 aliphatic carbocycles. The highest BCUT2D eigenvalue weighted by atomic mass is 16.2. The van der Waals surface area contributed by atoms with Gasteiger partial charge in [0, 0.05) is 18.9 Å². The maximum atomic E-state index is 12.1. The molecule has 1 atom stereocenters. The van der Waals surface area contributed by atoms with Crippen molar-refractivity contribution in [3.05, 3.63) is 29.8 Å². The summed E-state index contributed by atoms with van der Waals surface area (Å²) >= 11 is 0. The van der Waals surface area contributed by atoms with Crippen molar-refractivity contribution in [2.75, 3.05) is 11.4 Å². The first-order valence-corrected chi connectivity index (χ1v) is 7.82. The lowest BCUT2D eigenvalue weighted by atomic mass is 10.1. The van der Waals surface area contributed by atoms with Crippen molar-refractivity contribution in [3.8, 4) is 0 Å². The third kappa shape index (κ3) is 3.91. The summed E-state index contributed by atoms with van der Waals surface area (Å²) in [5, 5.41) is 3.43. The molecule has 0 saturated carbocycles. The Kier molecular flexibility index (Phi) is 5.51. The number of amides is 2. The van der Waals surface area contributed by atoms with Gasteiger partial charge in [0.1, 0.15) is 0 Å². The number of carbonyl (C=O) groups excluding carboxylic acids is 2. The van der Waals surface area contributed by atoms with Gasteiger partial charge in [-0.05, 0) is 50.4 Å². The van der Waals surface area contributed by atoms with Crippen molar-refractivity contribution in [1.82, 2.24) is 5.32 Å². The summed E-state index contributed by atoms with van der Waals surface area (Å²) in [5.74, 6) is -0.162. The molecule has 1 fully saturated rings. The fourth-order valence-electron chi connectivity index (χ4n) is 2.59. The van der Waals surface area contributed by atoms with E-state index in [1.54, 1.807) is 0 Å². The van der Waals surface area contributed by atoms with Gasteiger partial charge in [-0.1, -0.05) is 19.1 Å². The molecule has 1 aliphatic heterocycles. The second kappa shape index (κ2) is 7.36. The van der Waals surface area contributed by atoms with E-state index in [4.69, 9.17) is 0 Å². The second-order valence-corrected chi connectivity index (χ2v) is 5.60. The number of hydrogen-bond acceptors (Lipinski definition) is 3. The van der Waals surface area contributed by atoms with Crippen LogP contribution in [-0.2, 0) is 9.59 Å². The van der Waals surface area contributed by atoms with Gasteiger partial charge in [0.25, 0.3) is 0 Å². The fourth-order valence-corrected chi connectivity index (χ4v) is 2.59. The largest absolute Gasteiger partial charge is 0.310 e. The van der Waals surface area contributed by atoms with Gasteiger partial charge in [-0.25, -0.2) is 0 Å². The Balaban J connectivity index is 2.13. The molecule has 1 heterocycles. The van der Waals surface area contributed by atoms with E-state index >= 15 is 0 Å². The molecule has 4 heteroatoms. The molecule has 1 aliphatic rings. The van der Waals surface area contributed by atoms with Gasteiger partial charge in [0.15, 0.2) is 0 Å². The van der Waals surface area contributed by atoms with Crippen LogP contribution in [0.1, 0.15) is 57.6 Å². The molecule has 114 valence electrons. The third-order valence-corrected chi connectivity index (χ3v) is 3.88. The van der Waals surface area contributed by atoms with Gasteiger partial charge in [0.2, 0.25) is 11.8 Å². The fraction of sp³-hybridized carbons (Fsp3) is 0.529. The van der Waals surface area contributed by atoms with Crippen molar-refractivity contribution in [3.63, 3.8) is 0 Å². The smallest absolute Gasteiger partial charge is 0.233 e. The summed E-state index contributed by atoms with van der Waals surface area (Å²) in [6.07, 6.45) is 3.62. The number of nitrogens with one attached hydrogen (secondary N) is 1. The van der Waals surface area contributed by atoms with E-state index in [-0.39, 0.29) is 17.9 Å². The lowest BCUT2D eigenvalue weighted by molar-refractivity contribution is -0.125. The summed E-state index contributed by atoms with van der Waals surface area (Å²) in [7, 11) is 0. The van der Waals surface area contributed by atoms with E-state index in [1.807, 2.05) is 24.3 Å². The number of carbonyl (C=O) groups is 2. The maximum absolute atomic E-state index is 12.1. The van der Waals surface area contributed by atoms with Crippen molar-refractivity contribution >= 4 is 17.5 Å². The number of hydrogen-bond donors (Lipinski definition) is 1. The van der Waals surface area contributed by atoms with Crippen LogP contribution in [0.25, 0.3) is 0 Å². The Morgan fingerprint density at radius 1 is 1.10 bits per heavy atom. The summed E-state index contributed by atoms with van der Waals surface area (Å²) < 4.78 is 0. The molecule has 1 aromatic rings. The highest BCUT2D eigenvalue weighted by molar-refractivity contribution is 6.15. The first kappa shape index (κ1) is 15.7. The lowest BCUT2D eigenvalue weighted by Gasteiger charge is -2.20. The van der Waals surface area contributed by atoms with Crippen LogP contribution in [-0.4, -0.2) is 18.4 Å². The molecule has 0 aromatic heterocycles. The average molecular weight is 288 g/mol. The standard InChI is InChI=1S/C17H24N2O2/c1-3-12-18-13(2)14-8-10-15(11-9-14)19-16(20)6-4-5-7-17(19)21/h8-11,13,18H,3-7,12H2,1-2H3. The third-order valence-electron chi connectivity index (χ3n) is 3.88. The molecule has 2 rings (SSSR count). The molecule has 2 amide bonds. The summed E-state index contributed by atoms with van der Waals surface area (Å²) in [5.41, 5.74) is 1.86. The topological polar surface area (TPSA) is 49.4 Å². The highest BCUT2D eigenvalue weighted by Crippen LogP contribution is 2.23. The quantitative estimate of drug-likeness (QED) is 0.847. The number of imide groups is 1. The van der Waals surface area contributed by atoms with Crippen LogP contribution in [0.5, 0.6) is 0 Å². The Labute approximate surface area is 126 Å². The van der Waals surface area contributed by atoms with E-state index < -0.39 is 0 Å². The van der Waals surface area contributed by atoms with Crippen LogP contribution in [0.3, 0.4) is 0 Å². The van der Waals surface area contributed by atoms with Gasteiger partial charge < -0.3 is 5.32 Å². The molecule has 1 N–H and O–H groups in total.